The number of aliphatic imine (C=N–C) groups is 1. The Labute approximate surface area is 82.7 Å². The van der Waals surface area contributed by atoms with E-state index in [1.54, 1.807) is 0 Å². The van der Waals surface area contributed by atoms with Crippen LogP contribution in [0.3, 0.4) is 0 Å². The summed E-state index contributed by atoms with van der Waals surface area (Å²) in [5.74, 6) is 0. The van der Waals surface area contributed by atoms with Crippen molar-refractivity contribution in [3.05, 3.63) is 12.7 Å². The summed E-state index contributed by atoms with van der Waals surface area (Å²) in [5.41, 5.74) is 3.10. The van der Waals surface area contributed by atoms with Crippen LogP contribution < -0.4 is 5.43 Å². The van der Waals surface area contributed by atoms with Gasteiger partial charge in [-0.3, -0.25) is 19.1 Å². The molecule has 0 bridgehead atoms. The Morgan fingerprint density at radius 1 is 1.64 bits per heavy atom. The molecule has 0 atom stereocenters. The molecule has 0 fully saturated rings. The smallest absolute Gasteiger partial charge is 0.296 e. The average Bonchev–Trinajstić information content (AvgIpc) is 2.49. The quantitative estimate of drug-likeness (QED) is 0.435. The van der Waals surface area contributed by atoms with Gasteiger partial charge in [-0.1, -0.05) is 6.08 Å². The predicted octanol–water partition coefficient (Wildman–Crippen LogP) is -0.632. The topological polar surface area (TPSA) is 102 Å². The summed E-state index contributed by atoms with van der Waals surface area (Å²) in [6.45, 7) is 6.29. The zero-order valence-corrected chi connectivity index (χ0v) is 8.31. The maximum Gasteiger partial charge on any atom is 0.394 e. The second-order valence-corrected chi connectivity index (χ2v) is 3.21. The van der Waals surface area contributed by atoms with Crippen LogP contribution in [-0.4, -0.2) is 48.5 Å². The van der Waals surface area contributed by atoms with Crippen LogP contribution in [0.15, 0.2) is 17.6 Å². The Bertz CT molecular complexity index is 279. The average molecular weight is 223 g/mol. The summed E-state index contributed by atoms with van der Waals surface area (Å²) < 4.78 is 31.6. The summed E-state index contributed by atoms with van der Waals surface area (Å²) in [6, 6.07) is 0. The first-order valence-corrected chi connectivity index (χ1v) is 5.14. The number of hydrogen-bond acceptors (Lipinski definition) is 5. The third-order valence-corrected chi connectivity index (χ3v) is 1.13. The van der Waals surface area contributed by atoms with E-state index in [4.69, 9.17) is 17.5 Å². The number of nitrogens with zero attached hydrogens (tertiary/aromatic N) is 2. The fourth-order valence-electron chi connectivity index (χ4n) is 0.681. The van der Waals surface area contributed by atoms with Gasteiger partial charge in [0.2, 0.25) is 0 Å². The molecule has 1 aliphatic rings. The van der Waals surface area contributed by atoms with Gasteiger partial charge < -0.3 is 0 Å². The van der Waals surface area contributed by atoms with Gasteiger partial charge in [0.25, 0.3) is 0 Å². The normalized spacial score (nSPS) is 14.9. The van der Waals surface area contributed by atoms with Crippen LogP contribution in [0.25, 0.3) is 0 Å². The molecule has 0 unspecified atom stereocenters. The van der Waals surface area contributed by atoms with E-state index >= 15 is 0 Å². The maximum atomic E-state index is 8.74. The van der Waals surface area contributed by atoms with Crippen LogP contribution in [0.2, 0.25) is 0 Å². The molecule has 0 radical (unpaired) electrons. The molecule has 0 aromatic rings. The number of nitrogens with one attached hydrogen (secondary N) is 1. The zero-order valence-electron chi connectivity index (χ0n) is 7.50. The molecule has 0 amide bonds. The van der Waals surface area contributed by atoms with Gasteiger partial charge in [-0.25, -0.2) is 5.43 Å². The molecular weight excluding hydrogens is 210 g/mol. The summed E-state index contributed by atoms with van der Waals surface area (Å²) in [7, 11) is -4.67. The minimum absolute atomic E-state index is 0.812. The highest BCUT2D eigenvalue weighted by atomic mass is 32.3. The molecule has 1 rings (SSSR count). The molecule has 0 saturated heterocycles. The fraction of sp³-hybridized carbons (Fsp3) is 0.500. The Kier molecular flexibility index (Phi) is 6.04. The van der Waals surface area contributed by atoms with Crippen molar-refractivity contribution in [2.75, 3.05) is 19.6 Å². The summed E-state index contributed by atoms with van der Waals surface area (Å²) in [5, 5.41) is 1.96. The first kappa shape index (κ1) is 13.0. The molecule has 7 nitrogen and oxygen atoms in total. The molecule has 1 heterocycles. The lowest BCUT2D eigenvalue weighted by atomic mass is 10.6. The number of rotatable bonds is 3. The van der Waals surface area contributed by atoms with Gasteiger partial charge in [-0.15, -0.1) is 6.58 Å². The van der Waals surface area contributed by atoms with Crippen molar-refractivity contribution >= 4 is 16.7 Å². The van der Waals surface area contributed by atoms with Crippen LogP contribution in [0, 0.1) is 0 Å². The molecule has 0 saturated carbocycles. The van der Waals surface area contributed by atoms with Crippen molar-refractivity contribution in [2.24, 2.45) is 4.99 Å². The van der Waals surface area contributed by atoms with E-state index in [-0.39, 0.29) is 0 Å². The second-order valence-electron chi connectivity index (χ2n) is 2.31. The summed E-state index contributed by atoms with van der Waals surface area (Å²) in [6.07, 6.45) is 3.63. The van der Waals surface area contributed by atoms with Crippen molar-refractivity contribution in [1.29, 1.82) is 0 Å². The first-order chi connectivity index (χ1) is 6.43. The van der Waals surface area contributed by atoms with E-state index in [9.17, 15) is 0 Å². The van der Waals surface area contributed by atoms with E-state index in [1.807, 2.05) is 17.4 Å². The van der Waals surface area contributed by atoms with E-state index in [0.717, 1.165) is 19.6 Å². The minimum atomic E-state index is -4.67. The largest absolute Gasteiger partial charge is 0.394 e. The molecule has 0 spiro atoms. The van der Waals surface area contributed by atoms with Gasteiger partial charge in [-0.05, 0) is 0 Å². The van der Waals surface area contributed by atoms with Crippen LogP contribution in [0.4, 0.5) is 0 Å². The van der Waals surface area contributed by atoms with Crippen molar-refractivity contribution in [1.82, 2.24) is 10.4 Å². The molecule has 0 aromatic carbocycles. The van der Waals surface area contributed by atoms with Gasteiger partial charge >= 0.3 is 10.4 Å². The lowest BCUT2D eigenvalue weighted by Gasteiger charge is -2.12. The SMILES string of the molecule is C=CCNN1C=NCC1.O=S(=O)(O)O. The van der Waals surface area contributed by atoms with E-state index in [1.165, 1.54) is 0 Å². The Morgan fingerprint density at radius 3 is 2.57 bits per heavy atom. The lowest BCUT2D eigenvalue weighted by molar-refractivity contribution is 0.362. The van der Waals surface area contributed by atoms with Crippen LogP contribution in [0.5, 0.6) is 0 Å². The van der Waals surface area contributed by atoms with Crippen molar-refractivity contribution in [2.45, 2.75) is 0 Å². The standard InChI is InChI=1S/C6H11N3.H2O4S/c1-2-3-8-9-5-4-7-6-9;1-5(2,3)4/h2,6,8H,1,3-5H2;(H2,1,2,3,4). The van der Waals surface area contributed by atoms with E-state index in [0.29, 0.717) is 0 Å². The third-order valence-electron chi connectivity index (χ3n) is 1.13. The molecule has 14 heavy (non-hydrogen) atoms. The highest BCUT2D eigenvalue weighted by molar-refractivity contribution is 7.79. The molecule has 1 aliphatic heterocycles. The van der Waals surface area contributed by atoms with Gasteiger partial charge in [-0.2, -0.15) is 8.42 Å². The Morgan fingerprint density at radius 2 is 2.21 bits per heavy atom. The van der Waals surface area contributed by atoms with Crippen LogP contribution >= 0.6 is 0 Å². The molecular formula is C6H13N3O4S. The third kappa shape index (κ3) is 11.0. The van der Waals surface area contributed by atoms with E-state index in [2.05, 4.69) is 17.0 Å². The van der Waals surface area contributed by atoms with Gasteiger partial charge in [0.1, 0.15) is 0 Å². The first-order valence-electron chi connectivity index (χ1n) is 3.74. The molecule has 0 aliphatic carbocycles. The Hall–Kier alpha value is -0.960. The van der Waals surface area contributed by atoms with Gasteiger partial charge in [0, 0.05) is 6.54 Å². The number of hydrogen-bond donors (Lipinski definition) is 3. The highest BCUT2D eigenvalue weighted by Crippen LogP contribution is 1.86. The molecule has 82 valence electrons. The second kappa shape index (κ2) is 6.49. The monoisotopic (exact) mass is 223 g/mol. The molecule has 8 heteroatoms. The summed E-state index contributed by atoms with van der Waals surface area (Å²) in [4.78, 5) is 4.02. The van der Waals surface area contributed by atoms with E-state index < -0.39 is 10.4 Å². The highest BCUT2D eigenvalue weighted by Gasteiger charge is 2.00. The zero-order chi connectivity index (χ0) is 11.0. The molecule has 3 N–H and O–H groups in total. The summed E-state index contributed by atoms with van der Waals surface area (Å²) >= 11 is 0. The van der Waals surface area contributed by atoms with Crippen molar-refractivity contribution in [3.8, 4) is 0 Å². The van der Waals surface area contributed by atoms with Crippen molar-refractivity contribution < 1.29 is 17.5 Å². The van der Waals surface area contributed by atoms with Crippen LogP contribution in [-0.2, 0) is 10.4 Å². The predicted molar refractivity (Wildman–Crippen MR) is 52.4 cm³/mol. The van der Waals surface area contributed by atoms with Crippen LogP contribution in [0.1, 0.15) is 0 Å². The molecule has 0 aromatic heterocycles. The van der Waals surface area contributed by atoms with Gasteiger partial charge in [0.05, 0.1) is 19.4 Å². The fourth-order valence-corrected chi connectivity index (χ4v) is 0.681. The lowest BCUT2D eigenvalue weighted by Crippen LogP contribution is -2.35. The van der Waals surface area contributed by atoms with Crippen molar-refractivity contribution in [3.63, 3.8) is 0 Å². The maximum absolute atomic E-state index is 8.74. The minimum Gasteiger partial charge on any atom is -0.296 e. The Balaban J connectivity index is 0.000000292. The van der Waals surface area contributed by atoms with Gasteiger partial charge in [0.15, 0.2) is 0 Å². The number of hydrazine groups is 1.